The Labute approximate surface area is 129 Å². The molecule has 1 aromatic heterocycles. The third-order valence-corrected chi connectivity index (χ3v) is 3.18. The van der Waals surface area contributed by atoms with Crippen LogP contribution in [0.1, 0.15) is 24.7 Å². The maximum atomic E-state index is 11.8. The number of rotatable bonds is 7. The fourth-order valence-electron chi connectivity index (χ4n) is 2.03. The molecular weight excluding hydrogens is 280 g/mol. The first-order chi connectivity index (χ1) is 10.7. The molecule has 1 amide bonds. The van der Waals surface area contributed by atoms with Gasteiger partial charge in [0.1, 0.15) is 17.6 Å². The molecule has 114 valence electrons. The minimum Gasteiger partial charge on any atom is -0.482 e. The van der Waals surface area contributed by atoms with Crippen molar-refractivity contribution in [3.63, 3.8) is 0 Å². The van der Waals surface area contributed by atoms with Gasteiger partial charge in [0.25, 0.3) is 5.91 Å². The second-order valence-corrected chi connectivity index (χ2v) is 4.98. The number of nitriles is 1. The van der Waals surface area contributed by atoms with Crippen LogP contribution in [0.4, 0.5) is 0 Å². The fraction of sp³-hybridized carbons (Fsp3) is 0.294. The quantitative estimate of drug-likeness (QED) is 0.852. The van der Waals surface area contributed by atoms with Crippen molar-refractivity contribution in [2.24, 2.45) is 0 Å². The molecule has 5 nitrogen and oxygen atoms in total. The van der Waals surface area contributed by atoms with Crippen molar-refractivity contribution in [2.45, 2.75) is 25.8 Å². The number of hydrogen-bond donors (Lipinski definition) is 1. The molecule has 0 spiro atoms. The van der Waals surface area contributed by atoms with Crippen molar-refractivity contribution in [3.8, 4) is 11.8 Å². The zero-order chi connectivity index (χ0) is 15.8. The van der Waals surface area contributed by atoms with Gasteiger partial charge in [-0.15, -0.1) is 0 Å². The first-order valence-electron chi connectivity index (χ1n) is 7.12. The Morgan fingerprint density at radius 3 is 2.91 bits per heavy atom. The number of carbonyl (C=O) groups is 1. The minimum atomic E-state index is -0.209. The van der Waals surface area contributed by atoms with Gasteiger partial charge < -0.3 is 14.5 Å². The minimum absolute atomic E-state index is 0.0208. The highest BCUT2D eigenvalue weighted by molar-refractivity contribution is 5.77. The Balaban J connectivity index is 1.74. The van der Waals surface area contributed by atoms with E-state index >= 15 is 0 Å². The molecule has 2 aromatic rings. The van der Waals surface area contributed by atoms with Gasteiger partial charge in [-0.25, -0.2) is 0 Å². The van der Waals surface area contributed by atoms with Gasteiger partial charge in [0.05, 0.1) is 11.8 Å². The molecule has 5 heteroatoms. The lowest BCUT2D eigenvalue weighted by molar-refractivity contribution is -0.123. The molecule has 1 heterocycles. The first-order valence-corrected chi connectivity index (χ1v) is 7.12. The topological polar surface area (TPSA) is 75.3 Å². The lowest BCUT2D eigenvalue weighted by Crippen LogP contribution is -2.36. The van der Waals surface area contributed by atoms with Crippen LogP contribution in [0.5, 0.6) is 5.75 Å². The maximum absolute atomic E-state index is 11.8. The monoisotopic (exact) mass is 298 g/mol. The summed E-state index contributed by atoms with van der Waals surface area (Å²) < 4.78 is 10.6. The van der Waals surface area contributed by atoms with E-state index in [4.69, 9.17) is 14.4 Å². The summed E-state index contributed by atoms with van der Waals surface area (Å²) in [7, 11) is 0. The van der Waals surface area contributed by atoms with E-state index in [1.165, 1.54) is 0 Å². The molecule has 0 radical (unpaired) electrons. The fourth-order valence-corrected chi connectivity index (χ4v) is 2.03. The van der Waals surface area contributed by atoms with Crippen molar-refractivity contribution in [1.82, 2.24) is 5.32 Å². The van der Waals surface area contributed by atoms with E-state index < -0.39 is 0 Å². The number of ether oxygens (including phenoxy) is 1. The van der Waals surface area contributed by atoms with Crippen molar-refractivity contribution in [3.05, 3.63) is 54.0 Å². The van der Waals surface area contributed by atoms with Crippen LogP contribution in [0.2, 0.25) is 0 Å². The molecule has 0 bridgehead atoms. The Bertz CT molecular complexity index is 644. The van der Waals surface area contributed by atoms with Gasteiger partial charge in [0, 0.05) is 12.5 Å². The van der Waals surface area contributed by atoms with Crippen LogP contribution in [0.15, 0.2) is 47.1 Å². The zero-order valence-electron chi connectivity index (χ0n) is 12.4. The summed E-state index contributed by atoms with van der Waals surface area (Å²) in [6.07, 6.45) is 3.19. The van der Waals surface area contributed by atoms with E-state index in [2.05, 4.69) is 5.32 Å². The number of carbonyl (C=O) groups excluding carboxylic acids is 1. The summed E-state index contributed by atoms with van der Waals surface area (Å²) in [6.45, 7) is 1.83. The van der Waals surface area contributed by atoms with E-state index in [1.54, 1.807) is 30.5 Å². The van der Waals surface area contributed by atoms with Gasteiger partial charge in [-0.2, -0.15) is 5.26 Å². The molecule has 0 saturated carbocycles. The van der Waals surface area contributed by atoms with E-state index in [9.17, 15) is 4.79 Å². The molecule has 0 saturated heterocycles. The number of hydrogen-bond acceptors (Lipinski definition) is 4. The second-order valence-electron chi connectivity index (χ2n) is 4.98. The highest BCUT2D eigenvalue weighted by Gasteiger charge is 2.10. The summed E-state index contributed by atoms with van der Waals surface area (Å²) in [4.78, 5) is 11.8. The molecular formula is C17H18N2O3. The van der Waals surface area contributed by atoms with Crippen LogP contribution >= 0.6 is 0 Å². The van der Waals surface area contributed by atoms with E-state index in [1.807, 2.05) is 25.1 Å². The van der Waals surface area contributed by atoms with Crippen LogP contribution in [-0.2, 0) is 11.2 Å². The molecule has 1 aromatic carbocycles. The molecule has 0 unspecified atom stereocenters. The Kier molecular flexibility index (Phi) is 5.61. The van der Waals surface area contributed by atoms with Gasteiger partial charge in [0.15, 0.2) is 6.61 Å². The normalized spacial score (nSPS) is 11.5. The van der Waals surface area contributed by atoms with Crippen molar-refractivity contribution in [1.29, 1.82) is 5.26 Å². The third kappa shape index (κ3) is 4.67. The van der Waals surface area contributed by atoms with E-state index in [-0.39, 0.29) is 18.6 Å². The van der Waals surface area contributed by atoms with Crippen LogP contribution in [0.3, 0.4) is 0 Å². The number of nitrogens with one attached hydrogen (secondary N) is 1. The lowest BCUT2D eigenvalue weighted by atomic mass is 10.1. The standard InChI is InChI=1S/C17H18N2O3/c1-13(8-9-15-6-4-10-21-15)19-17(20)12-22-16-7-3-2-5-14(16)11-18/h2-7,10,13H,8-9,12H2,1H3,(H,19,20)/t13-/m0/s1. The van der Waals surface area contributed by atoms with Gasteiger partial charge in [-0.1, -0.05) is 12.1 Å². The molecule has 0 aliphatic heterocycles. The first kappa shape index (κ1) is 15.6. The number of nitrogens with zero attached hydrogens (tertiary/aromatic N) is 1. The van der Waals surface area contributed by atoms with Crippen molar-refractivity contribution >= 4 is 5.91 Å². The lowest BCUT2D eigenvalue weighted by Gasteiger charge is -2.14. The number of para-hydroxylation sites is 1. The molecule has 0 fully saturated rings. The largest absolute Gasteiger partial charge is 0.482 e. The SMILES string of the molecule is C[C@@H](CCc1ccco1)NC(=O)COc1ccccc1C#N. The van der Waals surface area contributed by atoms with Gasteiger partial charge >= 0.3 is 0 Å². The van der Waals surface area contributed by atoms with Gasteiger partial charge in [0.2, 0.25) is 0 Å². The summed E-state index contributed by atoms with van der Waals surface area (Å²) in [5.41, 5.74) is 0.418. The average Bonchev–Trinajstić information content (AvgIpc) is 3.04. The highest BCUT2D eigenvalue weighted by atomic mass is 16.5. The Morgan fingerprint density at radius 1 is 1.36 bits per heavy atom. The summed E-state index contributed by atoms with van der Waals surface area (Å²) in [6, 6.07) is 12.7. The average molecular weight is 298 g/mol. The predicted molar refractivity (Wildman–Crippen MR) is 81.3 cm³/mol. The summed E-state index contributed by atoms with van der Waals surface area (Å²) in [5.74, 6) is 1.11. The van der Waals surface area contributed by atoms with E-state index in [0.29, 0.717) is 11.3 Å². The number of aryl methyl sites for hydroxylation is 1. The third-order valence-electron chi connectivity index (χ3n) is 3.18. The van der Waals surface area contributed by atoms with Crippen molar-refractivity contribution < 1.29 is 13.9 Å². The summed E-state index contributed by atoms with van der Waals surface area (Å²) >= 11 is 0. The van der Waals surface area contributed by atoms with E-state index in [0.717, 1.165) is 18.6 Å². The summed E-state index contributed by atoms with van der Waals surface area (Å²) in [5, 5.41) is 11.8. The molecule has 2 rings (SSSR count). The van der Waals surface area contributed by atoms with Crippen molar-refractivity contribution in [2.75, 3.05) is 6.61 Å². The maximum Gasteiger partial charge on any atom is 0.258 e. The van der Waals surface area contributed by atoms with Gasteiger partial charge in [-0.05, 0) is 37.6 Å². The molecule has 0 aliphatic carbocycles. The second kappa shape index (κ2) is 7.89. The zero-order valence-corrected chi connectivity index (χ0v) is 12.4. The highest BCUT2D eigenvalue weighted by Crippen LogP contribution is 2.16. The van der Waals surface area contributed by atoms with Crippen LogP contribution in [0, 0.1) is 11.3 Å². The van der Waals surface area contributed by atoms with Crippen LogP contribution in [-0.4, -0.2) is 18.6 Å². The molecule has 22 heavy (non-hydrogen) atoms. The smallest absolute Gasteiger partial charge is 0.258 e. The Hall–Kier alpha value is -2.74. The number of amides is 1. The molecule has 1 N–H and O–H groups in total. The molecule has 0 aliphatic rings. The predicted octanol–water partition coefficient (Wildman–Crippen LogP) is 2.67. The van der Waals surface area contributed by atoms with Crippen LogP contribution < -0.4 is 10.1 Å². The van der Waals surface area contributed by atoms with Crippen LogP contribution in [0.25, 0.3) is 0 Å². The Morgan fingerprint density at radius 2 is 2.18 bits per heavy atom. The number of furan rings is 1. The van der Waals surface area contributed by atoms with Gasteiger partial charge in [-0.3, -0.25) is 4.79 Å². The number of benzene rings is 1. The molecule has 1 atom stereocenters.